The number of ether oxygens (including phenoxy) is 1. The third kappa shape index (κ3) is 2.98. The summed E-state index contributed by atoms with van der Waals surface area (Å²) in [4.78, 5) is 0. The van der Waals surface area contributed by atoms with E-state index in [2.05, 4.69) is 12.2 Å². The lowest BCUT2D eigenvalue weighted by Crippen LogP contribution is -2.45. The summed E-state index contributed by atoms with van der Waals surface area (Å²) in [5, 5.41) is 12.9. The van der Waals surface area contributed by atoms with Gasteiger partial charge >= 0.3 is 0 Å². The number of methoxy groups -OCH3 is 1. The van der Waals surface area contributed by atoms with Crippen LogP contribution in [0.2, 0.25) is 0 Å². The van der Waals surface area contributed by atoms with Gasteiger partial charge in [0.1, 0.15) is 11.6 Å². The van der Waals surface area contributed by atoms with E-state index in [9.17, 15) is 9.50 Å². The van der Waals surface area contributed by atoms with Gasteiger partial charge in [0.15, 0.2) is 0 Å². The van der Waals surface area contributed by atoms with Crippen LogP contribution in [0.15, 0.2) is 12.1 Å². The highest BCUT2D eigenvalue weighted by atomic mass is 19.1. The molecule has 1 fully saturated rings. The molecule has 4 nitrogen and oxygen atoms in total. The molecule has 1 aromatic carbocycles. The van der Waals surface area contributed by atoms with Crippen LogP contribution in [0.4, 0.5) is 15.8 Å². The first-order valence-electron chi connectivity index (χ1n) is 7.02. The Morgan fingerprint density at radius 2 is 2.10 bits per heavy atom. The molecule has 1 saturated carbocycles. The van der Waals surface area contributed by atoms with Crippen molar-refractivity contribution in [1.29, 1.82) is 0 Å². The molecule has 20 heavy (non-hydrogen) atoms. The largest absolute Gasteiger partial charge is 0.495 e. The Morgan fingerprint density at radius 1 is 1.45 bits per heavy atom. The molecule has 112 valence electrons. The topological polar surface area (TPSA) is 67.5 Å². The molecule has 0 amide bonds. The third-order valence-electron chi connectivity index (χ3n) is 4.25. The summed E-state index contributed by atoms with van der Waals surface area (Å²) in [6, 6.07) is 2.80. The van der Waals surface area contributed by atoms with Crippen molar-refractivity contribution in [3.63, 3.8) is 0 Å². The van der Waals surface area contributed by atoms with E-state index in [4.69, 9.17) is 10.5 Å². The van der Waals surface area contributed by atoms with Gasteiger partial charge in [-0.05, 0) is 31.6 Å². The summed E-state index contributed by atoms with van der Waals surface area (Å²) < 4.78 is 19.1. The number of nitrogens with two attached hydrogens (primary N) is 1. The molecule has 0 aliphatic heterocycles. The molecule has 0 bridgehead atoms. The second-order valence-electron chi connectivity index (χ2n) is 5.82. The zero-order valence-electron chi connectivity index (χ0n) is 12.1. The SMILES string of the molecule is COc1cc(NC2(CO)CCC(C)CC2)c(F)cc1N. The maximum absolute atomic E-state index is 14.0. The van der Waals surface area contributed by atoms with Crippen molar-refractivity contribution in [3.05, 3.63) is 17.9 Å². The molecule has 0 heterocycles. The molecule has 0 atom stereocenters. The maximum atomic E-state index is 14.0. The van der Waals surface area contributed by atoms with Crippen molar-refractivity contribution in [2.24, 2.45) is 5.92 Å². The van der Waals surface area contributed by atoms with Gasteiger partial charge in [0.25, 0.3) is 0 Å². The minimum Gasteiger partial charge on any atom is -0.495 e. The number of benzene rings is 1. The van der Waals surface area contributed by atoms with E-state index in [-0.39, 0.29) is 12.3 Å². The number of aliphatic hydroxyl groups excluding tert-OH is 1. The van der Waals surface area contributed by atoms with Crippen molar-refractivity contribution in [2.75, 3.05) is 24.8 Å². The molecule has 1 aliphatic rings. The zero-order chi connectivity index (χ0) is 14.8. The lowest BCUT2D eigenvalue weighted by Gasteiger charge is -2.39. The Hall–Kier alpha value is -1.49. The van der Waals surface area contributed by atoms with Crippen LogP contribution in [0.5, 0.6) is 5.75 Å². The average Bonchev–Trinajstić information content (AvgIpc) is 2.44. The fourth-order valence-electron chi connectivity index (χ4n) is 2.76. The third-order valence-corrected chi connectivity index (χ3v) is 4.25. The molecule has 5 heteroatoms. The first-order chi connectivity index (χ1) is 9.49. The fraction of sp³-hybridized carbons (Fsp3) is 0.600. The molecule has 0 aromatic heterocycles. The van der Waals surface area contributed by atoms with Crippen molar-refractivity contribution in [3.8, 4) is 5.75 Å². The van der Waals surface area contributed by atoms with E-state index >= 15 is 0 Å². The number of nitrogen functional groups attached to an aromatic ring is 1. The molecule has 2 rings (SSSR count). The Labute approximate surface area is 119 Å². The smallest absolute Gasteiger partial charge is 0.148 e. The Bertz CT molecular complexity index is 471. The lowest BCUT2D eigenvalue weighted by molar-refractivity contribution is 0.155. The number of halogens is 1. The summed E-state index contributed by atoms with van der Waals surface area (Å²) in [7, 11) is 1.50. The van der Waals surface area contributed by atoms with Gasteiger partial charge in [-0.25, -0.2) is 4.39 Å². The van der Waals surface area contributed by atoms with Crippen LogP contribution in [0, 0.1) is 11.7 Å². The van der Waals surface area contributed by atoms with Crippen molar-refractivity contribution < 1.29 is 14.2 Å². The van der Waals surface area contributed by atoms with Gasteiger partial charge in [-0.15, -0.1) is 0 Å². The fourth-order valence-corrected chi connectivity index (χ4v) is 2.76. The second kappa shape index (κ2) is 5.87. The quantitative estimate of drug-likeness (QED) is 0.743. The highest BCUT2D eigenvalue weighted by molar-refractivity contribution is 5.63. The molecule has 0 unspecified atom stereocenters. The molecule has 0 spiro atoms. The Kier molecular flexibility index (Phi) is 4.38. The summed E-state index contributed by atoms with van der Waals surface area (Å²) in [5.74, 6) is 0.670. The average molecular weight is 282 g/mol. The Morgan fingerprint density at radius 3 is 2.65 bits per heavy atom. The van der Waals surface area contributed by atoms with E-state index in [0.717, 1.165) is 25.7 Å². The van der Waals surface area contributed by atoms with E-state index in [1.54, 1.807) is 6.07 Å². The highest BCUT2D eigenvalue weighted by Crippen LogP contribution is 2.36. The van der Waals surface area contributed by atoms with Gasteiger partial charge in [0, 0.05) is 12.1 Å². The van der Waals surface area contributed by atoms with Gasteiger partial charge in [0.2, 0.25) is 0 Å². The first kappa shape index (κ1) is 14.9. The summed E-state index contributed by atoms with van der Waals surface area (Å²) >= 11 is 0. The van der Waals surface area contributed by atoms with Crippen LogP contribution in [0.3, 0.4) is 0 Å². The predicted molar refractivity (Wildman–Crippen MR) is 78.4 cm³/mol. The van der Waals surface area contributed by atoms with Gasteiger partial charge in [-0.1, -0.05) is 6.92 Å². The monoisotopic (exact) mass is 282 g/mol. The molecule has 0 saturated heterocycles. The van der Waals surface area contributed by atoms with Gasteiger partial charge in [0.05, 0.1) is 30.6 Å². The molecular weight excluding hydrogens is 259 g/mol. The number of rotatable bonds is 4. The standard InChI is InChI=1S/C15H23FN2O2/c1-10-3-5-15(9-19,6-4-10)18-13-8-14(20-2)12(17)7-11(13)16/h7-8,10,18-19H,3-6,9,17H2,1-2H3. The van der Waals surface area contributed by atoms with Crippen molar-refractivity contribution in [2.45, 2.75) is 38.1 Å². The van der Waals surface area contributed by atoms with Crippen LogP contribution in [-0.2, 0) is 0 Å². The van der Waals surface area contributed by atoms with E-state index in [1.807, 2.05) is 0 Å². The minimum absolute atomic E-state index is 0.00808. The highest BCUT2D eigenvalue weighted by Gasteiger charge is 2.34. The van der Waals surface area contributed by atoms with E-state index < -0.39 is 11.4 Å². The summed E-state index contributed by atoms with van der Waals surface area (Å²) in [6.07, 6.45) is 3.72. The van der Waals surface area contributed by atoms with Crippen molar-refractivity contribution in [1.82, 2.24) is 0 Å². The van der Waals surface area contributed by atoms with Crippen LogP contribution >= 0.6 is 0 Å². The molecule has 1 aliphatic carbocycles. The van der Waals surface area contributed by atoms with Gasteiger partial charge in [-0.2, -0.15) is 0 Å². The maximum Gasteiger partial charge on any atom is 0.148 e. The summed E-state index contributed by atoms with van der Waals surface area (Å²) in [6.45, 7) is 2.19. The summed E-state index contributed by atoms with van der Waals surface area (Å²) in [5.41, 5.74) is 5.83. The first-order valence-corrected chi connectivity index (χ1v) is 7.02. The number of hydrogen-bond donors (Lipinski definition) is 3. The molecule has 0 radical (unpaired) electrons. The minimum atomic E-state index is -0.450. The second-order valence-corrected chi connectivity index (χ2v) is 5.82. The van der Waals surface area contributed by atoms with Crippen LogP contribution in [-0.4, -0.2) is 24.4 Å². The van der Waals surface area contributed by atoms with Crippen LogP contribution < -0.4 is 15.8 Å². The normalized spacial score (nSPS) is 26.3. The Balaban J connectivity index is 2.23. The van der Waals surface area contributed by atoms with E-state index in [1.165, 1.54) is 13.2 Å². The lowest BCUT2D eigenvalue weighted by atomic mass is 9.77. The molecular formula is C15H23FN2O2. The molecule has 1 aromatic rings. The van der Waals surface area contributed by atoms with Crippen LogP contribution in [0.25, 0.3) is 0 Å². The van der Waals surface area contributed by atoms with E-state index in [0.29, 0.717) is 17.4 Å². The number of nitrogens with one attached hydrogen (secondary N) is 1. The van der Waals surface area contributed by atoms with Gasteiger partial charge in [-0.3, -0.25) is 0 Å². The van der Waals surface area contributed by atoms with Crippen molar-refractivity contribution >= 4 is 11.4 Å². The van der Waals surface area contributed by atoms with Crippen LogP contribution in [0.1, 0.15) is 32.6 Å². The predicted octanol–water partition coefficient (Wildman–Crippen LogP) is 2.77. The number of hydrogen-bond acceptors (Lipinski definition) is 4. The van der Waals surface area contributed by atoms with Gasteiger partial charge < -0.3 is 20.9 Å². The molecule has 4 N–H and O–H groups in total. The number of anilines is 2. The number of aliphatic hydroxyl groups is 1. The zero-order valence-corrected chi connectivity index (χ0v) is 12.1.